The molecule has 0 atom stereocenters. The van der Waals surface area contributed by atoms with E-state index in [1.165, 1.54) is 0 Å². The van der Waals surface area contributed by atoms with Gasteiger partial charge in [0, 0.05) is 13.2 Å². The van der Waals surface area contributed by atoms with E-state index >= 15 is 0 Å². The highest BCUT2D eigenvalue weighted by Gasteiger charge is 2.48. The van der Waals surface area contributed by atoms with Crippen LogP contribution in [0.3, 0.4) is 0 Å². The quantitative estimate of drug-likeness (QED) is 0.837. The van der Waals surface area contributed by atoms with Crippen molar-refractivity contribution >= 4 is 5.91 Å². The number of nitrogens with zero attached hydrogens (tertiary/aromatic N) is 1. The average Bonchev–Trinajstić information content (AvgIpc) is 3.24. The summed E-state index contributed by atoms with van der Waals surface area (Å²) in [6.45, 7) is 11.2. The van der Waals surface area contributed by atoms with Crippen molar-refractivity contribution in [3.63, 3.8) is 0 Å². The predicted molar refractivity (Wildman–Crippen MR) is 76.6 cm³/mol. The summed E-state index contributed by atoms with van der Waals surface area (Å²) in [6.07, 6.45) is 3.09. The second kappa shape index (κ2) is 8.16. The van der Waals surface area contributed by atoms with Crippen LogP contribution >= 0.6 is 0 Å². The Morgan fingerprint density at radius 2 is 1.58 bits per heavy atom. The highest BCUT2D eigenvalue weighted by atomic mass is 16.5. The Kier molecular flexibility index (Phi) is 7.70. The molecule has 2 fully saturated rings. The normalized spacial score (nSPS) is 21.5. The number of carbonyl (C=O) groups excluding carboxylic acids is 1. The fourth-order valence-corrected chi connectivity index (χ4v) is 1.81. The van der Waals surface area contributed by atoms with Crippen molar-refractivity contribution in [3.8, 4) is 6.07 Å². The molecule has 4 heteroatoms. The van der Waals surface area contributed by atoms with Crippen molar-refractivity contribution in [1.82, 2.24) is 5.32 Å². The molecule has 0 bridgehead atoms. The monoisotopic (exact) mass is 268 g/mol. The van der Waals surface area contributed by atoms with Gasteiger partial charge in [-0.05, 0) is 25.7 Å². The lowest BCUT2D eigenvalue weighted by Gasteiger charge is -2.32. The lowest BCUT2D eigenvalue weighted by molar-refractivity contribution is -0.135. The van der Waals surface area contributed by atoms with E-state index in [0.717, 1.165) is 25.7 Å². The molecule has 0 unspecified atom stereocenters. The van der Waals surface area contributed by atoms with Crippen molar-refractivity contribution < 1.29 is 9.53 Å². The standard InChI is InChI=1S/C11H16N2O2.2C2H6/c1-10(4-6-15-7-5-10)9(14)13-11(8-12)2-3-11;2*1-2/h2-7H2,1H3,(H,13,14);2*1-2H3. The molecule has 0 aromatic rings. The Morgan fingerprint density at radius 1 is 1.11 bits per heavy atom. The van der Waals surface area contributed by atoms with Crippen molar-refractivity contribution in [2.75, 3.05) is 13.2 Å². The maximum atomic E-state index is 12.0. The SMILES string of the molecule is CC.CC.CC1(C(=O)NC2(C#N)CC2)CCOCC1. The second-order valence-electron chi connectivity index (χ2n) is 4.82. The van der Waals surface area contributed by atoms with E-state index in [1.807, 2.05) is 34.6 Å². The van der Waals surface area contributed by atoms with Crippen LogP contribution in [0.2, 0.25) is 0 Å². The van der Waals surface area contributed by atoms with Gasteiger partial charge in [0.2, 0.25) is 5.91 Å². The molecule has 19 heavy (non-hydrogen) atoms. The van der Waals surface area contributed by atoms with E-state index in [4.69, 9.17) is 10.00 Å². The lowest BCUT2D eigenvalue weighted by Crippen LogP contribution is -2.47. The minimum Gasteiger partial charge on any atom is -0.381 e. The van der Waals surface area contributed by atoms with Crippen LogP contribution in [0.1, 0.15) is 60.3 Å². The molecule has 1 N–H and O–H groups in total. The van der Waals surface area contributed by atoms with Crippen LogP contribution in [-0.4, -0.2) is 24.7 Å². The maximum absolute atomic E-state index is 12.0. The van der Waals surface area contributed by atoms with Crippen molar-refractivity contribution in [1.29, 1.82) is 5.26 Å². The van der Waals surface area contributed by atoms with Crippen LogP contribution in [0.15, 0.2) is 0 Å². The fourth-order valence-electron chi connectivity index (χ4n) is 1.81. The molecular formula is C15H28N2O2. The van der Waals surface area contributed by atoms with Gasteiger partial charge in [-0.2, -0.15) is 5.26 Å². The predicted octanol–water partition coefficient (Wildman–Crippen LogP) is 3.03. The minimum atomic E-state index is -0.543. The molecule has 4 nitrogen and oxygen atoms in total. The first-order chi connectivity index (χ1) is 9.10. The molecule has 1 saturated heterocycles. The number of ether oxygens (including phenoxy) is 1. The summed E-state index contributed by atoms with van der Waals surface area (Å²) < 4.78 is 5.24. The first-order valence-electron chi connectivity index (χ1n) is 7.42. The summed E-state index contributed by atoms with van der Waals surface area (Å²) in [5, 5.41) is 11.8. The molecule has 110 valence electrons. The zero-order valence-corrected chi connectivity index (χ0v) is 13.0. The summed E-state index contributed by atoms with van der Waals surface area (Å²) in [6, 6.07) is 2.18. The van der Waals surface area contributed by atoms with Gasteiger partial charge in [-0.15, -0.1) is 0 Å². The molecule has 0 aromatic heterocycles. The summed E-state index contributed by atoms with van der Waals surface area (Å²) in [5.41, 5.74) is -0.886. The van der Waals surface area contributed by atoms with E-state index in [0.29, 0.717) is 13.2 Å². The van der Waals surface area contributed by atoms with Crippen LogP contribution in [0, 0.1) is 16.7 Å². The van der Waals surface area contributed by atoms with Crippen molar-refractivity contribution in [2.45, 2.75) is 65.8 Å². The maximum Gasteiger partial charge on any atom is 0.227 e. The number of nitriles is 1. The minimum absolute atomic E-state index is 0.0184. The van der Waals surface area contributed by atoms with E-state index in [-0.39, 0.29) is 11.3 Å². The average molecular weight is 268 g/mol. The van der Waals surface area contributed by atoms with Crippen LogP contribution < -0.4 is 5.32 Å². The summed E-state index contributed by atoms with van der Waals surface area (Å²) in [7, 11) is 0. The van der Waals surface area contributed by atoms with E-state index in [1.54, 1.807) is 0 Å². The van der Waals surface area contributed by atoms with Gasteiger partial charge in [-0.3, -0.25) is 4.79 Å². The molecule has 2 rings (SSSR count). The van der Waals surface area contributed by atoms with Crippen molar-refractivity contribution in [3.05, 3.63) is 0 Å². The zero-order valence-electron chi connectivity index (χ0n) is 13.0. The Hall–Kier alpha value is -1.08. The van der Waals surface area contributed by atoms with Gasteiger partial charge >= 0.3 is 0 Å². The third kappa shape index (κ3) is 4.83. The smallest absolute Gasteiger partial charge is 0.227 e. The lowest BCUT2D eigenvalue weighted by atomic mass is 9.81. The van der Waals surface area contributed by atoms with Gasteiger partial charge in [-0.1, -0.05) is 34.6 Å². The molecule has 2 aliphatic rings. The Labute approximate surface area is 117 Å². The van der Waals surface area contributed by atoms with Crippen LogP contribution in [0.25, 0.3) is 0 Å². The summed E-state index contributed by atoms with van der Waals surface area (Å²) >= 11 is 0. The first kappa shape index (κ1) is 17.9. The molecule has 1 saturated carbocycles. The van der Waals surface area contributed by atoms with Crippen LogP contribution in [0.4, 0.5) is 0 Å². The molecule has 0 aromatic carbocycles. The Balaban J connectivity index is 0.000000741. The number of carbonyl (C=O) groups is 1. The Bertz CT molecular complexity index is 311. The molecule has 1 aliphatic carbocycles. The van der Waals surface area contributed by atoms with Crippen LogP contribution in [-0.2, 0) is 9.53 Å². The van der Waals surface area contributed by atoms with E-state index in [9.17, 15) is 4.79 Å². The Morgan fingerprint density at radius 3 is 1.95 bits per heavy atom. The first-order valence-corrected chi connectivity index (χ1v) is 7.42. The van der Waals surface area contributed by atoms with E-state index < -0.39 is 5.54 Å². The molecule has 1 amide bonds. The zero-order chi connectivity index (χ0) is 14.9. The second-order valence-corrected chi connectivity index (χ2v) is 4.82. The number of nitrogens with one attached hydrogen (secondary N) is 1. The number of hydrogen-bond acceptors (Lipinski definition) is 3. The largest absolute Gasteiger partial charge is 0.381 e. The molecular weight excluding hydrogens is 240 g/mol. The van der Waals surface area contributed by atoms with Crippen molar-refractivity contribution in [2.24, 2.45) is 5.41 Å². The molecule has 0 spiro atoms. The number of amides is 1. The molecule has 1 heterocycles. The van der Waals surface area contributed by atoms with Gasteiger partial charge in [0.05, 0.1) is 11.5 Å². The summed E-state index contributed by atoms with van der Waals surface area (Å²) in [4.78, 5) is 12.0. The topological polar surface area (TPSA) is 62.1 Å². The number of rotatable bonds is 2. The van der Waals surface area contributed by atoms with E-state index in [2.05, 4.69) is 11.4 Å². The van der Waals surface area contributed by atoms with Gasteiger partial charge in [0.1, 0.15) is 5.54 Å². The third-order valence-corrected chi connectivity index (χ3v) is 3.46. The van der Waals surface area contributed by atoms with Gasteiger partial charge in [0.15, 0.2) is 0 Å². The van der Waals surface area contributed by atoms with Gasteiger partial charge < -0.3 is 10.1 Å². The fraction of sp³-hybridized carbons (Fsp3) is 0.867. The molecule has 1 aliphatic heterocycles. The number of hydrogen-bond donors (Lipinski definition) is 1. The van der Waals surface area contributed by atoms with Gasteiger partial charge in [0.25, 0.3) is 0 Å². The van der Waals surface area contributed by atoms with Gasteiger partial charge in [-0.25, -0.2) is 0 Å². The highest BCUT2D eigenvalue weighted by molar-refractivity contribution is 5.83. The highest BCUT2D eigenvalue weighted by Crippen LogP contribution is 2.37. The third-order valence-electron chi connectivity index (χ3n) is 3.46. The summed E-state index contributed by atoms with van der Waals surface area (Å²) in [5.74, 6) is 0.0184. The molecule has 0 radical (unpaired) electrons. The van der Waals surface area contributed by atoms with Crippen LogP contribution in [0.5, 0.6) is 0 Å².